The highest BCUT2D eigenvalue weighted by Gasteiger charge is 2.27. The molecule has 0 bridgehead atoms. The van der Waals surface area contributed by atoms with Crippen LogP contribution in [-0.4, -0.2) is 58.6 Å². The van der Waals surface area contributed by atoms with E-state index in [-0.39, 0.29) is 18.4 Å². The molecule has 9 nitrogen and oxygen atoms in total. The molecule has 0 spiro atoms. The van der Waals surface area contributed by atoms with Gasteiger partial charge < -0.3 is 20.4 Å². The fourth-order valence-electron chi connectivity index (χ4n) is 3.60. The molecule has 0 atom stereocenters. The minimum absolute atomic E-state index is 0.0130. The van der Waals surface area contributed by atoms with Crippen LogP contribution in [-0.2, 0) is 23.2 Å². The van der Waals surface area contributed by atoms with Gasteiger partial charge in [-0.05, 0) is 30.5 Å². The van der Waals surface area contributed by atoms with Crippen molar-refractivity contribution in [3.63, 3.8) is 0 Å². The van der Waals surface area contributed by atoms with E-state index in [1.807, 2.05) is 63.2 Å². The molecule has 172 valence electrons. The number of carbonyl (C=O) groups is 2. The quantitative estimate of drug-likeness (QED) is 0.510. The summed E-state index contributed by atoms with van der Waals surface area (Å²) in [5, 5.41) is 10.4. The van der Waals surface area contributed by atoms with Crippen molar-refractivity contribution in [3.8, 4) is 0 Å². The first-order valence-corrected chi connectivity index (χ1v) is 11.1. The van der Waals surface area contributed by atoms with Crippen LogP contribution in [0.3, 0.4) is 0 Å². The Morgan fingerprint density at radius 3 is 2.75 bits per heavy atom. The van der Waals surface area contributed by atoms with Gasteiger partial charge in [0, 0.05) is 45.0 Å². The van der Waals surface area contributed by atoms with E-state index < -0.39 is 0 Å². The molecule has 1 saturated heterocycles. The molecule has 2 aromatic rings. The number of amides is 2. The second-order valence-electron chi connectivity index (χ2n) is 8.36. The largest absolute Gasteiger partial charge is 0.356 e. The van der Waals surface area contributed by atoms with E-state index >= 15 is 0 Å². The summed E-state index contributed by atoms with van der Waals surface area (Å²) in [6.07, 6.45) is 4.05. The van der Waals surface area contributed by atoms with Crippen LogP contribution in [0.25, 0.3) is 0 Å². The van der Waals surface area contributed by atoms with Crippen LogP contribution in [0, 0.1) is 5.92 Å². The fraction of sp³-hybridized carbons (Fsp3) is 0.478. The zero-order valence-corrected chi connectivity index (χ0v) is 19.3. The van der Waals surface area contributed by atoms with Gasteiger partial charge in [-0.15, -0.1) is 0 Å². The molecule has 0 saturated carbocycles. The first-order chi connectivity index (χ1) is 15.4. The Bertz CT molecular complexity index is 967. The molecule has 9 heteroatoms. The lowest BCUT2D eigenvalue weighted by Crippen LogP contribution is -2.55. The number of rotatable bonds is 7. The van der Waals surface area contributed by atoms with E-state index in [4.69, 9.17) is 4.99 Å². The third kappa shape index (κ3) is 6.32. The molecular formula is C23H33N7O2. The molecule has 2 N–H and O–H groups in total. The number of guanidine groups is 1. The van der Waals surface area contributed by atoms with Crippen LogP contribution >= 0.6 is 0 Å². The number of carbonyl (C=O) groups excluding carboxylic acids is 2. The van der Waals surface area contributed by atoms with Crippen molar-refractivity contribution >= 4 is 29.1 Å². The number of benzene rings is 1. The van der Waals surface area contributed by atoms with E-state index in [0.717, 1.165) is 16.9 Å². The molecule has 1 aliphatic heterocycles. The van der Waals surface area contributed by atoms with Gasteiger partial charge in [-0.2, -0.15) is 5.10 Å². The number of hydrogen-bond donors (Lipinski definition) is 2. The summed E-state index contributed by atoms with van der Waals surface area (Å²) in [7, 11) is 1.84. The molecule has 2 amide bonds. The van der Waals surface area contributed by atoms with Crippen molar-refractivity contribution in [2.75, 3.05) is 36.4 Å². The van der Waals surface area contributed by atoms with Crippen LogP contribution in [0.2, 0.25) is 0 Å². The summed E-state index contributed by atoms with van der Waals surface area (Å²) in [6, 6.07) is 7.72. The van der Waals surface area contributed by atoms with Gasteiger partial charge in [-0.3, -0.25) is 14.3 Å². The Labute approximate surface area is 189 Å². The van der Waals surface area contributed by atoms with Gasteiger partial charge >= 0.3 is 0 Å². The number of aliphatic imine (C=N–C) groups is 1. The highest BCUT2D eigenvalue weighted by atomic mass is 16.2. The van der Waals surface area contributed by atoms with Crippen LogP contribution in [0.5, 0.6) is 0 Å². The number of nitrogens with one attached hydrogen (secondary N) is 2. The predicted molar refractivity (Wildman–Crippen MR) is 126 cm³/mol. The number of aromatic nitrogens is 2. The first kappa shape index (κ1) is 23.3. The molecular weight excluding hydrogens is 406 g/mol. The molecule has 1 aliphatic rings. The maximum absolute atomic E-state index is 12.7. The van der Waals surface area contributed by atoms with Crippen LogP contribution in [0.1, 0.15) is 32.8 Å². The van der Waals surface area contributed by atoms with Crippen molar-refractivity contribution in [2.45, 2.75) is 33.7 Å². The van der Waals surface area contributed by atoms with E-state index in [2.05, 4.69) is 15.7 Å². The average Bonchev–Trinajstić information content (AvgIpc) is 3.16. The van der Waals surface area contributed by atoms with E-state index in [9.17, 15) is 9.59 Å². The van der Waals surface area contributed by atoms with Crippen LogP contribution in [0.4, 0.5) is 11.4 Å². The Morgan fingerprint density at radius 1 is 1.28 bits per heavy atom. The van der Waals surface area contributed by atoms with Gasteiger partial charge in [0.2, 0.25) is 11.8 Å². The van der Waals surface area contributed by atoms with E-state index in [1.54, 1.807) is 15.8 Å². The minimum Gasteiger partial charge on any atom is -0.356 e. The lowest BCUT2D eigenvalue weighted by atomic mass is 10.1. The average molecular weight is 440 g/mol. The highest BCUT2D eigenvalue weighted by Crippen LogP contribution is 2.17. The lowest BCUT2D eigenvalue weighted by Gasteiger charge is -2.35. The second-order valence-corrected chi connectivity index (χ2v) is 8.36. The summed E-state index contributed by atoms with van der Waals surface area (Å²) >= 11 is 0. The van der Waals surface area contributed by atoms with Crippen molar-refractivity contribution in [3.05, 3.63) is 42.2 Å². The number of hydrogen-bond acceptors (Lipinski definition) is 4. The van der Waals surface area contributed by atoms with Gasteiger partial charge in [0.25, 0.3) is 0 Å². The molecule has 1 fully saturated rings. The Hall–Kier alpha value is -3.36. The molecule has 0 radical (unpaired) electrons. The first-order valence-electron chi connectivity index (χ1n) is 11.1. The standard InChI is InChI=1S/C23H33N7O2/c1-5-24-23(29-9-10-30(22(32)16-29)20-14-26-28(4)15-20)25-13-18-7-6-8-19(12-18)27-21(31)11-17(2)3/h6-8,12,14-15,17H,5,9-11,13,16H2,1-4H3,(H,24,25)(H,27,31). The van der Waals surface area contributed by atoms with Crippen molar-refractivity contribution in [1.29, 1.82) is 0 Å². The van der Waals surface area contributed by atoms with Crippen LogP contribution < -0.4 is 15.5 Å². The normalized spacial score (nSPS) is 14.8. The van der Waals surface area contributed by atoms with Gasteiger partial charge in [-0.1, -0.05) is 26.0 Å². The maximum Gasteiger partial charge on any atom is 0.246 e. The van der Waals surface area contributed by atoms with E-state index in [0.29, 0.717) is 44.5 Å². The Morgan fingerprint density at radius 2 is 2.09 bits per heavy atom. The third-order valence-electron chi connectivity index (χ3n) is 5.07. The van der Waals surface area contributed by atoms with Crippen LogP contribution in [0.15, 0.2) is 41.7 Å². The molecule has 2 heterocycles. The number of anilines is 2. The monoisotopic (exact) mass is 439 g/mol. The van der Waals surface area contributed by atoms with Gasteiger partial charge in [0.15, 0.2) is 5.96 Å². The summed E-state index contributed by atoms with van der Waals surface area (Å²) in [6.45, 7) is 8.72. The molecule has 0 unspecified atom stereocenters. The smallest absolute Gasteiger partial charge is 0.246 e. The van der Waals surface area contributed by atoms with E-state index in [1.165, 1.54) is 0 Å². The Kier molecular flexibility index (Phi) is 7.86. The minimum atomic E-state index is 0.0130. The summed E-state index contributed by atoms with van der Waals surface area (Å²) in [4.78, 5) is 33.3. The SMILES string of the molecule is CCNC(=NCc1cccc(NC(=O)CC(C)C)c1)N1CCN(c2cnn(C)c2)C(=O)C1. The van der Waals surface area contributed by atoms with Gasteiger partial charge in [-0.25, -0.2) is 4.99 Å². The lowest BCUT2D eigenvalue weighted by molar-refractivity contribution is -0.120. The van der Waals surface area contributed by atoms with Crippen molar-refractivity contribution in [1.82, 2.24) is 20.0 Å². The second kappa shape index (κ2) is 10.8. The molecule has 0 aliphatic carbocycles. The van der Waals surface area contributed by atoms with Gasteiger partial charge in [0.1, 0.15) is 6.54 Å². The van der Waals surface area contributed by atoms with Crippen molar-refractivity contribution < 1.29 is 9.59 Å². The summed E-state index contributed by atoms with van der Waals surface area (Å²) in [5.41, 5.74) is 2.58. The number of aryl methyl sites for hydroxylation is 1. The number of piperazine rings is 1. The molecule has 3 rings (SSSR count). The fourth-order valence-corrected chi connectivity index (χ4v) is 3.60. The number of nitrogens with zero attached hydrogens (tertiary/aromatic N) is 5. The van der Waals surface area contributed by atoms with Gasteiger partial charge in [0.05, 0.1) is 18.4 Å². The maximum atomic E-state index is 12.7. The van der Waals surface area contributed by atoms with Crippen molar-refractivity contribution in [2.24, 2.45) is 18.0 Å². The summed E-state index contributed by atoms with van der Waals surface area (Å²) in [5.74, 6) is 1.05. The topological polar surface area (TPSA) is 94.9 Å². The molecule has 1 aromatic heterocycles. The third-order valence-corrected chi connectivity index (χ3v) is 5.07. The highest BCUT2D eigenvalue weighted by molar-refractivity contribution is 5.98. The zero-order chi connectivity index (χ0) is 23.1. The molecule has 32 heavy (non-hydrogen) atoms. The Balaban J connectivity index is 1.65. The zero-order valence-electron chi connectivity index (χ0n) is 19.3. The predicted octanol–water partition coefficient (Wildman–Crippen LogP) is 2.22. The molecule has 1 aromatic carbocycles. The summed E-state index contributed by atoms with van der Waals surface area (Å²) < 4.78 is 1.69.